The maximum atomic E-state index is 13.0. The van der Waals surface area contributed by atoms with E-state index in [-0.39, 0.29) is 17.6 Å². The van der Waals surface area contributed by atoms with Crippen LogP contribution in [0, 0.1) is 5.92 Å². The Kier molecular flexibility index (Phi) is 8.75. The number of piperazine rings is 1. The second kappa shape index (κ2) is 11.3. The maximum Gasteiger partial charge on any atom is 0.225 e. The molecule has 7 nitrogen and oxygen atoms in total. The van der Waals surface area contributed by atoms with Gasteiger partial charge < -0.3 is 9.64 Å². The van der Waals surface area contributed by atoms with Gasteiger partial charge in [-0.25, -0.2) is 12.7 Å². The summed E-state index contributed by atoms with van der Waals surface area (Å²) in [5, 5.41) is 0. The van der Waals surface area contributed by atoms with Crippen molar-refractivity contribution in [1.29, 1.82) is 0 Å². The fraction of sp³-hybridized carbons (Fsp3) is 0.696. The van der Waals surface area contributed by atoms with Crippen LogP contribution >= 0.6 is 0 Å². The molecule has 174 valence electrons. The lowest BCUT2D eigenvalue weighted by Gasteiger charge is -2.38. The standard InChI is InChI=1S/C23H37N3O4S/c1-3-4-19-31(28,29)26-13-10-21(11-14-26)23(27)25-17-15-24(16-18-25)12-9-20-5-7-22(30-2)8-6-20/h5-8,21H,3-4,9-19H2,1-2H3. The van der Waals surface area contributed by atoms with Crippen LogP contribution in [0.5, 0.6) is 5.75 Å². The zero-order chi connectivity index (χ0) is 22.3. The summed E-state index contributed by atoms with van der Waals surface area (Å²) < 4.78 is 31.5. The molecule has 0 bridgehead atoms. The molecule has 0 radical (unpaired) electrons. The highest BCUT2D eigenvalue weighted by Crippen LogP contribution is 2.23. The lowest BCUT2D eigenvalue weighted by Crippen LogP contribution is -2.52. The van der Waals surface area contributed by atoms with Crippen molar-refractivity contribution < 1.29 is 17.9 Å². The van der Waals surface area contributed by atoms with Gasteiger partial charge in [-0.1, -0.05) is 25.5 Å². The minimum atomic E-state index is -3.17. The molecule has 0 unspecified atom stereocenters. The largest absolute Gasteiger partial charge is 0.497 e. The number of rotatable bonds is 9. The third-order valence-electron chi connectivity index (χ3n) is 6.51. The lowest BCUT2D eigenvalue weighted by atomic mass is 9.96. The van der Waals surface area contributed by atoms with Crippen LogP contribution in [-0.2, 0) is 21.2 Å². The lowest BCUT2D eigenvalue weighted by molar-refractivity contribution is -0.138. The maximum absolute atomic E-state index is 13.0. The fourth-order valence-corrected chi connectivity index (χ4v) is 6.05. The summed E-state index contributed by atoms with van der Waals surface area (Å²) in [6.45, 7) is 7.25. The topological polar surface area (TPSA) is 70.2 Å². The number of hydrogen-bond donors (Lipinski definition) is 0. The van der Waals surface area contributed by atoms with Crippen molar-refractivity contribution in [3.63, 3.8) is 0 Å². The third kappa shape index (κ3) is 6.67. The first-order valence-corrected chi connectivity index (χ1v) is 13.2. The second-order valence-corrected chi connectivity index (χ2v) is 10.7. The summed E-state index contributed by atoms with van der Waals surface area (Å²) in [6, 6.07) is 8.19. The molecule has 1 amide bonds. The zero-order valence-electron chi connectivity index (χ0n) is 19.0. The first kappa shape index (κ1) is 24.0. The van der Waals surface area contributed by atoms with Gasteiger partial charge in [-0.15, -0.1) is 0 Å². The molecular weight excluding hydrogens is 414 g/mol. The van der Waals surface area contributed by atoms with Crippen LogP contribution in [0.3, 0.4) is 0 Å². The van der Waals surface area contributed by atoms with E-state index in [0.29, 0.717) is 32.4 Å². The number of hydrogen-bond acceptors (Lipinski definition) is 5. The molecule has 2 saturated heterocycles. The van der Waals surface area contributed by atoms with Gasteiger partial charge in [-0.3, -0.25) is 9.69 Å². The van der Waals surface area contributed by atoms with Crippen LogP contribution in [0.15, 0.2) is 24.3 Å². The van der Waals surface area contributed by atoms with E-state index in [4.69, 9.17) is 4.74 Å². The molecule has 0 N–H and O–H groups in total. The molecule has 2 heterocycles. The fourth-order valence-electron chi connectivity index (χ4n) is 4.37. The molecule has 3 rings (SSSR count). The number of amides is 1. The number of unbranched alkanes of at least 4 members (excludes halogenated alkanes) is 1. The summed E-state index contributed by atoms with van der Waals surface area (Å²) >= 11 is 0. The number of sulfonamides is 1. The van der Waals surface area contributed by atoms with Crippen LogP contribution in [0.4, 0.5) is 0 Å². The summed E-state index contributed by atoms with van der Waals surface area (Å²) in [4.78, 5) is 17.4. The highest BCUT2D eigenvalue weighted by Gasteiger charge is 2.33. The predicted molar refractivity (Wildman–Crippen MR) is 123 cm³/mol. The SMILES string of the molecule is CCCCS(=O)(=O)N1CCC(C(=O)N2CCN(CCc3ccc(OC)cc3)CC2)CC1. The molecule has 1 aromatic rings. The first-order valence-electron chi connectivity index (χ1n) is 11.5. The van der Waals surface area contributed by atoms with E-state index in [1.54, 1.807) is 11.4 Å². The Balaban J connectivity index is 1.39. The molecule has 2 fully saturated rings. The highest BCUT2D eigenvalue weighted by atomic mass is 32.2. The first-order chi connectivity index (χ1) is 14.9. The molecule has 31 heavy (non-hydrogen) atoms. The number of benzene rings is 1. The molecule has 2 aliphatic heterocycles. The van der Waals surface area contributed by atoms with Gasteiger partial charge in [0.05, 0.1) is 12.9 Å². The highest BCUT2D eigenvalue weighted by molar-refractivity contribution is 7.89. The summed E-state index contributed by atoms with van der Waals surface area (Å²) in [6.07, 6.45) is 3.84. The van der Waals surface area contributed by atoms with E-state index in [1.807, 2.05) is 24.0 Å². The van der Waals surface area contributed by atoms with Crippen molar-refractivity contribution in [2.75, 3.05) is 58.7 Å². The van der Waals surface area contributed by atoms with Crippen LogP contribution < -0.4 is 4.74 Å². The Morgan fingerprint density at radius 2 is 1.68 bits per heavy atom. The predicted octanol–water partition coefficient (Wildman–Crippen LogP) is 2.22. The van der Waals surface area contributed by atoms with Crippen LogP contribution in [-0.4, -0.2) is 87.1 Å². The molecule has 1 aromatic carbocycles. The van der Waals surface area contributed by atoms with Crippen molar-refractivity contribution in [3.8, 4) is 5.75 Å². The van der Waals surface area contributed by atoms with E-state index in [0.717, 1.165) is 51.3 Å². The van der Waals surface area contributed by atoms with E-state index in [2.05, 4.69) is 17.0 Å². The van der Waals surface area contributed by atoms with Gasteiger partial charge >= 0.3 is 0 Å². The van der Waals surface area contributed by atoms with Crippen molar-refractivity contribution >= 4 is 15.9 Å². The Bertz CT molecular complexity index is 797. The van der Waals surface area contributed by atoms with Crippen molar-refractivity contribution in [3.05, 3.63) is 29.8 Å². The number of carbonyl (C=O) groups excluding carboxylic acids is 1. The van der Waals surface area contributed by atoms with Gasteiger partial charge in [0.1, 0.15) is 5.75 Å². The number of ether oxygens (including phenoxy) is 1. The second-order valence-electron chi connectivity index (χ2n) is 8.61. The molecule has 0 aliphatic carbocycles. The van der Waals surface area contributed by atoms with Gasteiger partial charge in [-0.2, -0.15) is 0 Å². The van der Waals surface area contributed by atoms with Crippen LogP contribution in [0.1, 0.15) is 38.2 Å². The number of carbonyl (C=O) groups is 1. The minimum absolute atomic E-state index is 0.0384. The molecule has 8 heteroatoms. The summed E-state index contributed by atoms with van der Waals surface area (Å²) in [5.74, 6) is 1.27. The number of methoxy groups -OCH3 is 1. The van der Waals surface area contributed by atoms with Gasteiger partial charge in [0.2, 0.25) is 15.9 Å². The Hall–Kier alpha value is -1.64. The molecule has 0 aromatic heterocycles. The quantitative estimate of drug-likeness (QED) is 0.576. The van der Waals surface area contributed by atoms with Crippen molar-refractivity contribution in [1.82, 2.24) is 14.1 Å². The van der Waals surface area contributed by atoms with Crippen molar-refractivity contribution in [2.24, 2.45) is 5.92 Å². The van der Waals surface area contributed by atoms with E-state index >= 15 is 0 Å². The molecular formula is C23H37N3O4S. The van der Waals surface area contributed by atoms with Gasteiger partial charge in [0.25, 0.3) is 0 Å². The smallest absolute Gasteiger partial charge is 0.225 e. The van der Waals surface area contributed by atoms with Crippen molar-refractivity contribution in [2.45, 2.75) is 39.0 Å². The van der Waals surface area contributed by atoms with Crippen LogP contribution in [0.2, 0.25) is 0 Å². The van der Waals surface area contributed by atoms with E-state index in [1.165, 1.54) is 5.56 Å². The van der Waals surface area contributed by atoms with Gasteiger partial charge in [0.15, 0.2) is 0 Å². The zero-order valence-corrected chi connectivity index (χ0v) is 19.8. The number of piperidine rings is 1. The summed E-state index contributed by atoms with van der Waals surface area (Å²) in [7, 11) is -1.49. The van der Waals surface area contributed by atoms with Gasteiger partial charge in [-0.05, 0) is 43.4 Å². The Morgan fingerprint density at radius 1 is 1.03 bits per heavy atom. The van der Waals surface area contributed by atoms with Crippen LogP contribution in [0.25, 0.3) is 0 Å². The Labute approximate surface area is 187 Å². The van der Waals surface area contributed by atoms with E-state index < -0.39 is 10.0 Å². The molecule has 0 atom stereocenters. The summed E-state index contributed by atoms with van der Waals surface area (Å²) in [5.41, 5.74) is 1.29. The average Bonchev–Trinajstić information content (AvgIpc) is 2.82. The molecule has 2 aliphatic rings. The third-order valence-corrected chi connectivity index (χ3v) is 8.47. The Morgan fingerprint density at radius 3 is 2.26 bits per heavy atom. The normalized spacial score (nSPS) is 19.5. The monoisotopic (exact) mass is 451 g/mol. The average molecular weight is 452 g/mol. The molecule has 0 spiro atoms. The molecule has 0 saturated carbocycles. The van der Waals surface area contributed by atoms with E-state index in [9.17, 15) is 13.2 Å². The van der Waals surface area contributed by atoms with Gasteiger partial charge in [0, 0.05) is 51.7 Å². The number of nitrogens with zero attached hydrogens (tertiary/aromatic N) is 3. The minimum Gasteiger partial charge on any atom is -0.497 e.